The maximum absolute atomic E-state index is 6.36. The Hall–Kier alpha value is -3.23. The molecule has 5 aromatic rings. The molecule has 0 saturated heterocycles. The average Bonchev–Trinajstić information content (AvgIpc) is 3.20. The van der Waals surface area contributed by atoms with Crippen LogP contribution in [0.4, 0.5) is 0 Å². The van der Waals surface area contributed by atoms with E-state index in [0.29, 0.717) is 5.02 Å². The maximum Gasteiger partial charge on any atom is 0.144 e. The van der Waals surface area contributed by atoms with Gasteiger partial charge >= 0.3 is 0 Å². The minimum absolute atomic E-state index is 0.717. The second kappa shape index (κ2) is 6.43. The molecule has 0 unspecified atom stereocenters. The monoisotopic (exact) mass is 383 g/mol. The Balaban J connectivity index is 1.98. The summed E-state index contributed by atoms with van der Waals surface area (Å²) in [6.45, 7) is 5.77. The Morgan fingerprint density at radius 3 is 2.54 bits per heavy atom. The highest BCUT2D eigenvalue weighted by molar-refractivity contribution is 6.32. The van der Waals surface area contributed by atoms with Crippen molar-refractivity contribution < 1.29 is 4.42 Å². The molecular formula is C25H18ClNO. The number of aromatic nitrogens is 1. The van der Waals surface area contributed by atoms with Crippen LogP contribution in [0.3, 0.4) is 0 Å². The van der Waals surface area contributed by atoms with E-state index in [1.807, 2.05) is 49.4 Å². The largest absolute Gasteiger partial charge is 0.460 e. The third-order valence-electron chi connectivity index (χ3n) is 5.18. The van der Waals surface area contributed by atoms with Crippen LogP contribution in [-0.2, 0) is 0 Å². The van der Waals surface area contributed by atoms with E-state index in [-0.39, 0.29) is 0 Å². The molecule has 136 valence electrons. The summed E-state index contributed by atoms with van der Waals surface area (Å²) >= 11 is 6.36. The summed E-state index contributed by atoms with van der Waals surface area (Å²) < 4.78 is 8.51. The summed E-state index contributed by atoms with van der Waals surface area (Å²) in [5, 5.41) is 4.05. The van der Waals surface area contributed by atoms with Gasteiger partial charge in [-0.1, -0.05) is 60.7 Å². The molecule has 0 atom stereocenters. The van der Waals surface area contributed by atoms with E-state index in [4.69, 9.17) is 16.0 Å². The number of aryl methyl sites for hydroxylation is 1. The van der Waals surface area contributed by atoms with E-state index in [0.717, 1.165) is 49.8 Å². The van der Waals surface area contributed by atoms with E-state index < -0.39 is 0 Å². The summed E-state index contributed by atoms with van der Waals surface area (Å²) in [6.07, 6.45) is 5.77. The van der Waals surface area contributed by atoms with Crippen molar-refractivity contribution >= 4 is 50.5 Å². The normalized spacial score (nSPS) is 11.9. The first-order valence-corrected chi connectivity index (χ1v) is 9.57. The second-order valence-electron chi connectivity index (χ2n) is 6.84. The lowest BCUT2D eigenvalue weighted by Crippen LogP contribution is -1.92. The summed E-state index contributed by atoms with van der Waals surface area (Å²) in [7, 11) is 0. The van der Waals surface area contributed by atoms with Crippen molar-refractivity contribution in [2.75, 3.05) is 0 Å². The molecule has 0 saturated carbocycles. The molecule has 2 nitrogen and oxygen atoms in total. The highest BCUT2D eigenvalue weighted by atomic mass is 35.5. The number of para-hydroxylation sites is 1. The topological polar surface area (TPSA) is 18.1 Å². The minimum atomic E-state index is 0.717. The van der Waals surface area contributed by atoms with E-state index in [2.05, 4.69) is 41.5 Å². The number of rotatable bonds is 3. The third kappa shape index (κ3) is 2.42. The SMILES string of the molecule is C=C/C=C\c1c(C)oc2c1ccc1c2c2ccc(Cl)cc2n1-c1ccccc1. The van der Waals surface area contributed by atoms with Crippen molar-refractivity contribution in [2.45, 2.75) is 6.92 Å². The van der Waals surface area contributed by atoms with E-state index in [1.54, 1.807) is 6.08 Å². The van der Waals surface area contributed by atoms with Crippen molar-refractivity contribution in [3.8, 4) is 5.69 Å². The molecule has 0 bridgehead atoms. The van der Waals surface area contributed by atoms with Gasteiger partial charge < -0.3 is 8.98 Å². The molecule has 28 heavy (non-hydrogen) atoms. The summed E-state index contributed by atoms with van der Waals surface area (Å²) in [6, 6.07) is 20.7. The number of furan rings is 1. The first kappa shape index (κ1) is 16.9. The molecule has 2 heterocycles. The van der Waals surface area contributed by atoms with Gasteiger partial charge in [0.25, 0.3) is 0 Å². The lowest BCUT2D eigenvalue weighted by Gasteiger charge is -2.07. The standard InChI is InChI=1S/C25H18ClNO/c1-3-4-10-19-16(2)28-25-20(19)13-14-22-24(25)21-12-11-17(26)15-23(21)27(22)18-8-6-5-7-9-18/h3-15H,1H2,2H3/b10-4-. The number of allylic oxidation sites excluding steroid dienone is 2. The summed E-state index contributed by atoms with van der Waals surface area (Å²) in [4.78, 5) is 0. The van der Waals surface area contributed by atoms with Gasteiger partial charge in [0.15, 0.2) is 0 Å². The van der Waals surface area contributed by atoms with Crippen LogP contribution >= 0.6 is 11.6 Å². The fraction of sp³-hybridized carbons (Fsp3) is 0.0400. The molecule has 3 heteroatoms. The van der Waals surface area contributed by atoms with Crippen LogP contribution < -0.4 is 0 Å². The van der Waals surface area contributed by atoms with Gasteiger partial charge in [-0.2, -0.15) is 0 Å². The van der Waals surface area contributed by atoms with Gasteiger partial charge in [-0.15, -0.1) is 0 Å². The zero-order chi connectivity index (χ0) is 19.3. The Kier molecular flexibility index (Phi) is 3.88. The predicted molar refractivity (Wildman–Crippen MR) is 120 cm³/mol. The van der Waals surface area contributed by atoms with Crippen molar-refractivity contribution in [3.05, 3.63) is 95.7 Å². The number of benzene rings is 3. The number of fused-ring (bicyclic) bond motifs is 5. The van der Waals surface area contributed by atoms with Gasteiger partial charge in [0.05, 0.1) is 16.4 Å². The van der Waals surface area contributed by atoms with Gasteiger partial charge in [0.1, 0.15) is 11.3 Å². The predicted octanol–water partition coefficient (Wildman–Crippen LogP) is 7.69. The fourth-order valence-electron chi connectivity index (χ4n) is 3.99. The van der Waals surface area contributed by atoms with Crippen LogP contribution in [0.2, 0.25) is 5.02 Å². The van der Waals surface area contributed by atoms with E-state index >= 15 is 0 Å². The first-order valence-electron chi connectivity index (χ1n) is 9.19. The van der Waals surface area contributed by atoms with Crippen LogP contribution in [-0.4, -0.2) is 4.57 Å². The van der Waals surface area contributed by atoms with Crippen molar-refractivity contribution in [1.82, 2.24) is 4.57 Å². The molecule has 5 rings (SSSR count). The van der Waals surface area contributed by atoms with Crippen molar-refractivity contribution in [3.63, 3.8) is 0 Å². The number of hydrogen-bond acceptors (Lipinski definition) is 1. The van der Waals surface area contributed by atoms with E-state index in [9.17, 15) is 0 Å². The zero-order valence-corrected chi connectivity index (χ0v) is 16.2. The molecule has 0 aliphatic carbocycles. The Bertz CT molecular complexity index is 1390. The zero-order valence-electron chi connectivity index (χ0n) is 15.4. The van der Waals surface area contributed by atoms with Crippen molar-refractivity contribution in [2.24, 2.45) is 0 Å². The molecule has 3 aromatic carbocycles. The number of nitrogens with zero attached hydrogens (tertiary/aromatic N) is 1. The van der Waals surface area contributed by atoms with Crippen molar-refractivity contribution in [1.29, 1.82) is 0 Å². The average molecular weight is 384 g/mol. The van der Waals surface area contributed by atoms with Crippen LogP contribution in [0.15, 0.2) is 83.8 Å². The highest BCUT2D eigenvalue weighted by Gasteiger charge is 2.19. The molecule has 2 aromatic heterocycles. The second-order valence-corrected chi connectivity index (χ2v) is 7.27. The lowest BCUT2D eigenvalue weighted by molar-refractivity contribution is 0.580. The molecule has 0 N–H and O–H groups in total. The van der Waals surface area contributed by atoms with Gasteiger partial charge in [-0.05, 0) is 43.3 Å². The number of halogens is 1. The van der Waals surface area contributed by atoms with E-state index in [1.165, 1.54) is 0 Å². The first-order chi connectivity index (χ1) is 13.7. The van der Waals surface area contributed by atoms with Gasteiger partial charge in [-0.25, -0.2) is 0 Å². The maximum atomic E-state index is 6.36. The molecule has 0 radical (unpaired) electrons. The number of hydrogen-bond donors (Lipinski definition) is 0. The molecule has 0 aliphatic heterocycles. The van der Waals surface area contributed by atoms with Crippen LogP contribution in [0.5, 0.6) is 0 Å². The van der Waals surface area contributed by atoms with Crippen LogP contribution in [0.25, 0.3) is 44.5 Å². The molecule has 0 spiro atoms. The fourth-order valence-corrected chi connectivity index (χ4v) is 4.16. The summed E-state index contributed by atoms with van der Waals surface area (Å²) in [5.74, 6) is 0.898. The summed E-state index contributed by atoms with van der Waals surface area (Å²) in [5.41, 5.74) is 5.26. The Morgan fingerprint density at radius 2 is 1.75 bits per heavy atom. The Labute approximate surface area is 167 Å². The van der Waals surface area contributed by atoms with Crippen LogP contribution in [0.1, 0.15) is 11.3 Å². The smallest absolute Gasteiger partial charge is 0.144 e. The highest BCUT2D eigenvalue weighted by Crippen LogP contribution is 2.40. The lowest BCUT2D eigenvalue weighted by atomic mass is 10.1. The third-order valence-corrected chi connectivity index (χ3v) is 5.42. The molecular weight excluding hydrogens is 366 g/mol. The van der Waals surface area contributed by atoms with Crippen LogP contribution in [0, 0.1) is 6.92 Å². The minimum Gasteiger partial charge on any atom is -0.460 e. The molecule has 0 amide bonds. The quantitative estimate of drug-likeness (QED) is 0.292. The molecule has 0 fully saturated rings. The van der Waals surface area contributed by atoms with Gasteiger partial charge in [0, 0.05) is 27.0 Å². The Morgan fingerprint density at radius 1 is 0.964 bits per heavy atom. The van der Waals surface area contributed by atoms with Gasteiger partial charge in [-0.3, -0.25) is 0 Å². The van der Waals surface area contributed by atoms with Gasteiger partial charge in [0.2, 0.25) is 0 Å². The molecule has 0 aliphatic rings.